The number of benzene rings is 2. The van der Waals surface area contributed by atoms with Crippen LogP contribution < -0.4 is 10.5 Å². The Labute approximate surface area is 237 Å². The quantitative estimate of drug-likeness (QED) is 0.452. The molecule has 0 spiro atoms. The monoisotopic (exact) mass is 592 g/mol. The minimum atomic E-state index is -1.87. The number of amides is 1. The molecule has 1 fully saturated rings. The summed E-state index contributed by atoms with van der Waals surface area (Å²) in [5.41, 5.74) is 1.55. The zero-order valence-corrected chi connectivity index (χ0v) is 23.9. The summed E-state index contributed by atoms with van der Waals surface area (Å²) in [6, 6.07) is 11.9. The average Bonchev–Trinajstić information content (AvgIpc) is 3.24. The lowest BCUT2D eigenvalue weighted by atomic mass is 9.87. The molecule has 2 aliphatic rings. The van der Waals surface area contributed by atoms with Crippen molar-refractivity contribution in [3.8, 4) is 0 Å². The third-order valence-electron chi connectivity index (χ3n) is 6.99. The zero-order valence-electron chi connectivity index (χ0n) is 21.6. The molecule has 3 heterocycles. The van der Waals surface area contributed by atoms with Gasteiger partial charge in [-0.1, -0.05) is 29.3 Å². The fourth-order valence-corrected chi connectivity index (χ4v) is 6.23. The normalized spacial score (nSPS) is 20.1. The molecule has 5 rings (SSSR count). The van der Waals surface area contributed by atoms with E-state index >= 15 is 0 Å². The number of rotatable bonds is 5. The van der Waals surface area contributed by atoms with Crippen LogP contribution in [-0.2, 0) is 16.0 Å². The Morgan fingerprint density at radius 3 is 2.31 bits per heavy atom. The highest BCUT2D eigenvalue weighted by atomic mass is 35.5. The minimum Gasteiger partial charge on any atom is -0.368 e. The summed E-state index contributed by atoms with van der Waals surface area (Å²) in [5.74, 6) is -0.954. The molecule has 3 unspecified atom stereocenters. The van der Waals surface area contributed by atoms with Crippen molar-refractivity contribution in [3.63, 3.8) is 0 Å². The van der Waals surface area contributed by atoms with Crippen LogP contribution in [-0.4, -0.2) is 74.1 Å². The van der Waals surface area contributed by atoms with Gasteiger partial charge >= 0.3 is 0 Å². The molecule has 0 N–H and O–H groups in total. The minimum absolute atomic E-state index is 0.167. The summed E-state index contributed by atoms with van der Waals surface area (Å²) >= 11 is 10.7. The second-order valence-corrected chi connectivity index (χ2v) is 12.0. The number of aliphatic imine (C=N–C) groups is 1. The Balaban J connectivity index is 1.53. The number of carbonyl (C=O) groups is 1. The Morgan fingerprint density at radius 1 is 1.03 bits per heavy atom. The molecule has 1 aromatic heterocycles. The number of hydrogen-bond acceptors (Lipinski definition) is 5. The molecular formula is C26H27Cl2FN6O3S. The van der Waals surface area contributed by atoms with Crippen molar-refractivity contribution in [3.05, 3.63) is 80.3 Å². The number of carbonyl (C=O) groups excluding carboxylic acids is 1. The van der Waals surface area contributed by atoms with Gasteiger partial charge in [-0.05, 0) is 48.9 Å². The number of anilines is 1. The average molecular weight is 594 g/mol. The predicted octanol–water partition coefficient (Wildman–Crippen LogP) is 3.74. The van der Waals surface area contributed by atoms with Crippen molar-refractivity contribution in [1.82, 2.24) is 18.0 Å². The van der Waals surface area contributed by atoms with Crippen molar-refractivity contribution in [2.75, 3.05) is 45.2 Å². The van der Waals surface area contributed by atoms with Gasteiger partial charge in [-0.25, -0.2) is 22.6 Å². The van der Waals surface area contributed by atoms with Crippen LogP contribution in [0, 0.1) is 11.7 Å². The third kappa shape index (κ3) is 5.16. The van der Waals surface area contributed by atoms with Crippen LogP contribution in [0.1, 0.15) is 18.5 Å². The first-order valence-electron chi connectivity index (χ1n) is 12.3. The highest BCUT2D eigenvalue weighted by Gasteiger charge is 2.42. The number of hydrogen-bond donors (Lipinski definition) is 0. The van der Waals surface area contributed by atoms with Gasteiger partial charge in [0, 0.05) is 51.7 Å². The summed E-state index contributed by atoms with van der Waals surface area (Å²) in [7, 11) is 3.19. The third-order valence-corrected chi connectivity index (χ3v) is 9.00. The molecule has 1 saturated heterocycles. The van der Waals surface area contributed by atoms with E-state index < -0.39 is 28.7 Å². The maximum atomic E-state index is 14.1. The summed E-state index contributed by atoms with van der Waals surface area (Å²) in [4.78, 5) is 35.6. The van der Waals surface area contributed by atoms with Crippen LogP contribution in [0.3, 0.4) is 0 Å². The Hall–Kier alpha value is -2.99. The molecule has 2 aromatic carbocycles. The first kappa shape index (κ1) is 27.6. The van der Waals surface area contributed by atoms with Gasteiger partial charge in [0.2, 0.25) is 17.1 Å². The topological polar surface area (TPSA) is 83.1 Å². The van der Waals surface area contributed by atoms with Crippen LogP contribution in [0.5, 0.6) is 0 Å². The summed E-state index contributed by atoms with van der Waals surface area (Å²) < 4.78 is 30.6. The van der Waals surface area contributed by atoms with E-state index in [9.17, 15) is 18.2 Å². The van der Waals surface area contributed by atoms with Gasteiger partial charge in [-0.15, -0.1) is 4.09 Å². The van der Waals surface area contributed by atoms with Crippen LogP contribution in [0.4, 0.5) is 15.9 Å². The molecule has 0 bridgehead atoms. The molecule has 1 amide bonds. The smallest absolute Gasteiger partial charge is 0.282 e. The van der Waals surface area contributed by atoms with Crippen molar-refractivity contribution < 1.29 is 13.4 Å². The maximum Gasteiger partial charge on any atom is 0.282 e. The highest BCUT2D eigenvalue weighted by molar-refractivity contribution is 7.80. The second-order valence-electron chi connectivity index (χ2n) is 9.64. The summed E-state index contributed by atoms with van der Waals surface area (Å²) in [6.45, 7) is 3.80. The van der Waals surface area contributed by atoms with E-state index in [1.807, 2.05) is 0 Å². The number of halogens is 3. The van der Waals surface area contributed by atoms with Crippen LogP contribution in [0.15, 0.2) is 58.3 Å². The molecule has 0 radical (unpaired) electrons. The van der Waals surface area contributed by atoms with Crippen molar-refractivity contribution in [2.24, 2.45) is 10.9 Å². The van der Waals surface area contributed by atoms with Crippen molar-refractivity contribution >= 4 is 57.5 Å². The van der Waals surface area contributed by atoms with Crippen LogP contribution in [0.2, 0.25) is 10.0 Å². The summed E-state index contributed by atoms with van der Waals surface area (Å²) in [5, 5.41) is 0.646. The largest absolute Gasteiger partial charge is 0.368 e. The highest BCUT2D eigenvalue weighted by Crippen LogP contribution is 2.39. The fraction of sp³-hybridized carbons (Fsp3) is 0.346. The van der Waals surface area contributed by atoms with Gasteiger partial charge in [0.15, 0.2) is 5.82 Å². The standard InChI is InChI=1S/C26H27Cl2FN6O3S/c1-16-24(26(37)33-12-10-32(11-13-33)19-7-5-18(29)6-8-19)25(17-4-9-20(27)21(28)14-17)34-22(30-16)15-23(36)35(34)39(38)31(2)3/h4-9,14-15,24-25H,10-13H2,1-3H3. The number of piperazine rings is 1. The van der Waals surface area contributed by atoms with Crippen LogP contribution in [0.25, 0.3) is 0 Å². The van der Waals surface area contributed by atoms with Crippen molar-refractivity contribution in [2.45, 2.75) is 13.0 Å². The van der Waals surface area contributed by atoms with Crippen molar-refractivity contribution in [1.29, 1.82) is 0 Å². The van der Waals surface area contributed by atoms with E-state index in [0.29, 0.717) is 53.3 Å². The van der Waals surface area contributed by atoms with E-state index in [-0.39, 0.29) is 11.7 Å². The lowest BCUT2D eigenvalue weighted by molar-refractivity contribution is -0.134. The van der Waals surface area contributed by atoms with Gasteiger partial charge in [0.05, 0.1) is 22.2 Å². The second kappa shape index (κ2) is 10.9. The fourth-order valence-electron chi connectivity index (χ4n) is 5.07. The molecule has 206 valence electrons. The van der Waals surface area contributed by atoms with E-state index in [1.54, 1.807) is 56.3 Å². The molecule has 3 aromatic rings. The molecule has 0 saturated carbocycles. The maximum absolute atomic E-state index is 14.1. The SMILES string of the molecule is CC1=Nc2cc(=O)n(S(=O)N(C)C)n2C(c2ccc(Cl)c(Cl)c2)C1C(=O)N1CCN(c2ccc(F)cc2)CC1. The molecular weight excluding hydrogens is 566 g/mol. The molecule has 13 heteroatoms. The molecule has 0 aliphatic carbocycles. The molecule has 3 atom stereocenters. The Kier molecular flexibility index (Phi) is 7.69. The molecule has 2 aliphatic heterocycles. The number of aromatic nitrogens is 2. The number of nitrogens with zero attached hydrogens (tertiary/aromatic N) is 6. The number of fused-ring (bicyclic) bond motifs is 1. The molecule has 9 nitrogen and oxygen atoms in total. The van der Waals surface area contributed by atoms with E-state index in [2.05, 4.69) is 9.89 Å². The van der Waals surface area contributed by atoms with Crippen LogP contribution >= 0.6 is 23.2 Å². The van der Waals surface area contributed by atoms with Gasteiger partial charge in [0.1, 0.15) is 11.7 Å². The van der Waals surface area contributed by atoms with Gasteiger partial charge in [0.25, 0.3) is 5.56 Å². The van der Waals surface area contributed by atoms with Gasteiger partial charge in [-0.3, -0.25) is 9.59 Å². The Bertz CT molecular complexity index is 1530. The lowest BCUT2D eigenvalue weighted by Crippen LogP contribution is -2.53. The zero-order chi connectivity index (χ0) is 28.0. The first-order valence-corrected chi connectivity index (χ1v) is 14.1. The Morgan fingerprint density at radius 2 is 1.69 bits per heavy atom. The lowest BCUT2D eigenvalue weighted by Gasteiger charge is -2.40. The van der Waals surface area contributed by atoms with E-state index in [0.717, 1.165) is 9.77 Å². The van der Waals surface area contributed by atoms with E-state index in [1.165, 1.54) is 27.2 Å². The van der Waals surface area contributed by atoms with E-state index in [4.69, 9.17) is 23.2 Å². The molecule has 39 heavy (non-hydrogen) atoms. The first-order chi connectivity index (χ1) is 18.6. The summed E-state index contributed by atoms with van der Waals surface area (Å²) in [6.07, 6.45) is 0. The van der Waals surface area contributed by atoms with Gasteiger partial charge < -0.3 is 9.80 Å². The predicted molar refractivity (Wildman–Crippen MR) is 152 cm³/mol. The van der Waals surface area contributed by atoms with Gasteiger partial charge in [-0.2, -0.15) is 0 Å².